The van der Waals surface area contributed by atoms with Crippen molar-refractivity contribution >= 4 is 24.6 Å². The van der Waals surface area contributed by atoms with Gasteiger partial charge in [0.15, 0.2) is 5.82 Å². The van der Waals surface area contributed by atoms with Crippen LogP contribution in [0.2, 0.25) is 11.5 Å². The molecule has 0 aliphatic rings. The number of carbonyl (C=O) groups excluding carboxylic acids is 1. The molecule has 0 spiro atoms. The van der Waals surface area contributed by atoms with E-state index in [1.165, 1.54) is 4.68 Å². The number of amides is 1. The molecule has 0 fully saturated rings. The molecule has 0 saturated heterocycles. The molecule has 0 radical (unpaired) electrons. The maximum absolute atomic E-state index is 12.1. The first-order valence-electron chi connectivity index (χ1n) is 8.20. The molecular formula is C14H21BClN7O3. The van der Waals surface area contributed by atoms with E-state index in [9.17, 15) is 4.79 Å². The summed E-state index contributed by atoms with van der Waals surface area (Å²) < 4.78 is 1.36. The normalized spacial score (nSPS) is 12.0. The van der Waals surface area contributed by atoms with Crippen molar-refractivity contribution in [3.8, 4) is 0 Å². The van der Waals surface area contributed by atoms with Crippen LogP contribution in [-0.4, -0.2) is 48.3 Å². The Balaban J connectivity index is 1.81. The fourth-order valence-electron chi connectivity index (χ4n) is 2.31. The third kappa shape index (κ3) is 6.67. The summed E-state index contributed by atoms with van der Waals surface area (Å²) >= 11 is 5.72. The summed E-state index contributed by atoms with van der Waals surface area (Å²) in [7, 11) is -1.31. The second kappa shape index (κ2) is 10.2. The standard InChI is InChI=1S/C14H21BClN7O3/c16-12-5-4-10(7-18-12)8-19-13(24)9-23-14(20-21-22-23)11(17)3-1-2-6-15(25)26/h4-5,7,11,25-26H,1-3,6,8-9,17H2,(H,19,24). The van der Waals surface area contributed by atoms with E-state index in [-0.39, 0.29) is 12.5 Å². The van der Waals surface area contributed by atoms with Crippen LogP contribution in [0.15, 0.2) is 18.3 Å². The van der Waals surface area contributed by atoms with E-state index in [0.29, 0.717) is 43.1 Å². The van der Waals surface area contributed by atoms with Gasteiger partial charge in [-0.1, -0.05) is 30.5 Å². The maximum Gasteiger partial charge on any atom is 0.451 e. The number of rotatable bonds is 10. The molecule has 1 unspecified atom stereocenters. The van der Waals surface area contributed by atoms with Gasteiger partial charge in [-0.3, -0.25) is 4.79 Å². The lowest BCUT2D eigenvalue weighted by Gasteiger charge is -2.11. The van der Waals surface area contributed by atoms with Gasteiger partial charge in [-0.2, -0.15) is 0 Å². The molecule has 2 rings (SSSR count). The summed E-state index contributed by atoms with van der Waals surface area (Å²) in [6.45, 7) is 0.266. The summed E-state index contributed by atoms with van der Waals surface area (Å²) in [5.74, 6) is 0.155. The highest BCUT2D eigenvalue weighted by molar-refractivity contribution is 6.40. The molecule has 0 saturated carbocycles. The molecule has 12 heteroatoms. The second-order valence-corrected chi connectivity index (χ2v) is 6.22. The monoisotopic (exact) mass is 381 g/mol. The number of tetrazole rings is 1. The van der Waals surface area contributed by atoms with Crippen LogP contribution in [0.3, 0.4) is 0 Å². The fourth-order valence-corrected chi connectivity index (χ4v) is 2.43. The summed E-state index contributed by atoms with van der Waals surface area (Å²) in [4.78, 5) is 16.0. The zero-order valence-corrected chi connectivity index (χ0v) is 14.9. The molecule has 2 aromatic rings. The van der Waals surface area contributed by atoms with Gasteiger partial charge in [0.2, 0.25) is 5.91 Å². The zero-order chi connectivity index (χ0) is 18.9. The number of pyridine rings is 1. The summed E-state index contributed by atoms with van der Waals surface area (Å²) in [5, 5.41) is 32.1. The molecule has 10 nitrogen and oxygen atoms in total. The van der Waals surface area contributed by atoms with Gasteiger partial charge >= 0.3 is 7.12 Å². The van der Waals surface area contributed by atoms with E-state index >= 15 is 0 Å². The van der Waals surface area contributed by atoms with Crippen molar-refractivity contribution in [1.29, 1.82) is 0 Å². The van der Waals surface area contributed by atoms with Gasteiger partial charge in [-0.05, 0) is 34.8 Å². The zero-order valence-electron chi connectivity index (χ0n) is 14.1. The minimum Gasteiger partial charge on any atom is -0.427 e. The Hall–Kier alpha value is -2.08. The molecule has 2 aromatic heterocycles. The molecule has 0 aliphatic heterocycles. The van der Waals surface area contributed by atoms with E-state index in [2.05, 4.69) is 25.8 Å². The number of nitrogens with one attached hydrogen (secondary N) is 1. The van der Waals surface area contributed by atoms with Crippen molar-refractivity contribution in [2.75, 3.05) is 0 Å². The van der Waals surface area contributed by atoms with Crippen molar-refractivity contribution < 1.29 is 14.8 Å². The van der Waals surface area contributed by atoms with E-state index in [4.69, 9.17) is 27.4 Å². The first kappa shape index (κ1) is 20.2. The number of nitrogens with two attached hydrogens (primary N) is 1. The van der Waals surface area contributed by atoms with Crippen LogP contribution in [0.25, 0.3) is 0 Å². The average Bonchev–Trinajstić information content (AvgIpc) is 3.06. The van der Waals surface area contributed by atoms with Crippen LogP contribution in [0.5, 0.6) is 0 Å². The predicted octanol–water partition coefficient (Wildman–Crippen LogP) is -0.319. The van der Waals surface area contributed by atoms with E-state index in [0.717, 1.165) is 5.56 Å². The quantitative estimate of drug-likeness (QED) is 0.248. The summed E-state index contributed by atoms with van der Waals surface area (Å²) in [5.41, 5.74) is 6.89. The first-order valence-corrected chi connectivity index (χ1v) is 8.58. The summed E-state index contributed by atoms with van der Waals surface area (Å²) in [6.07, 6.45) is 3.78. The number of carbonyl (C=O) groups is 1. The van der Waals surface area contributed by atoms with E-state index in [1.54, 1.807) is 18.3 Å². The second-order valence-electron chi connectivity index (χ2n) is 5.83. The van der Waals surface area contributed by atoms with Crippen LogP contribution in [0.4, 0.5) is 0 Å². The lowest BCUT2D eigenvalue weighted by molar-refractivity contribution is -0.122. The van der Waals surface area contributed by atoms with Crippen molar-refractivity contribution in [3.05, 3.63) is 34.9 Å². The summed E-state index contributed by atoms with van der Waals surface area (Å²) in [6, 6.07) is 2.99. The number of hydrogen-bond donors (Lipinski definition) is 4. The Bertz CT molecular complexity index is 698. The number of aromatic nitrogens is 5. The Morgan fingerprint density at radius 1 is 1.38 bits per heavy atom. The molecule has 26 heavy (non-hydrogen) atoms. The number of nitrogens with zero attached hydrogens (tertiary/aromatic N) is 5. The van der Waals surface area contributed by atoms with Crippen molar-refractivity contribution in [2.45, 2.75) is 44.7 Å². The van der Waals surface area contributed by atoms with Crippen molar-refractivity contribution in [1.82, 2.24) is 30.5 Å². The van der Waals surface area contributed by atoms with Gasteiger partial charge in [0, 0.05) is 12.7 Å². The molecule has 0 aromatic carbocycles. The average molecular weight is 382 g/mol. The predicted molar refractivity (Wildman–Crippen MR) is 94.7 cm³/mol. The van der Waals surface area contributed by atoms with Crippen LogP contribution in [0, 0.1) is 0 Å². The number of hydrogen-bond acceptors (Lipinski definition) is 8. The highest BCUT2D eigenvalue weighted by Crippen LogP contribution is 2.15. The molecule has 1 amide bonds. The smallest absolute Gasteiger partial charge is 0.427 e. The molecule has 140 valence electrons. The van der Waals surface area contributed by atoms with Gasteiger partial charge in [0.25, 0.3) is 0 Å². The molecule has 0 aliphatic carbocycles. The largest absolute Gasteiger partial charge is 0.451 e. The molecule has 2 heterocycles. The van der Waals surface area contributed by atoms with Crippen LogP contribution >= 0.6 is 11.6 Å². The topological polar surface area (TPSA) is 152 Å². The number of halogens is 1. The molecule has 5 N–H and O–H groups in total. The maximum atomic E-state index is 12.1. The van der Waals surface area contributed by atoms with E-state index < -0.39 is 13.2 Å². The minimum absolute atomic E-state index is 0.0492. The van der Waals surface area contributed by atoms with Gasteiger partial charge in [0.05, 0.1) is 6.04 Å². The lowest BCUT2D eigenvalue weighted by atomic mass is 9.83. The minimum atomic E-state index is -1.31. The highest BCUT2D eigenvalue weighted by atomic mass is 35.5. The van der Waals surface area contributed by atoms with Crippen molar-refractivity contribution in [3.63, 3.8) is 0 Å². The van der Waals surface area contributed by atoms with Crippen molar-refractivity contribution in [2.24, 2.45) is 5.73 Å². The number of unbranched alkanes of at least 4 members (excludes halogenated alkanes) is 1. The molecule has 0 bridgehead atoms. The van der Waals surface area contributed by atoms with E-state index in [1.807, 2.05) is 0 Å². The van der Waals surface area contributed by atoms with Gasteiger partial charge in [-0.25, -0.2) is 9.67 Å². The molecular weight excluding hydrogens is 360 g/mol. The van der Waals surface area contributed by atoms with Crippen LogP contribution in [-0.2, 0) is 17.9 Å². The van der Waals surface area contributed by atoms with Gasteiger partial charge in [0.1, 0.15) is 11.7 Å². The Morgan fingerprint density at radius 3 is 2.88 bits per heavy atom. The Kier molecular flexibility index (Phi) is 7.91. The van der Waals surface area contributed by atoms with Crippen LogP contribution in [0.1, 0.15) is 36.7 Å². The first-order chi connectivity index (χ1) is 12.5. The van der Waals surface area contributed by atoms with Gasteiger partial charge in [-0.15, -0.1) is 5.10 Å². The van der Waals surface area contributed by atoms with Gasteiger partial charge < -0.3 is 21.1 Å². The Labute approximate surface area is 155 Å². The highest BCUT2D eigenvalue weighted by Gasteiger charge is 2.17. The Morgan fingerprint density at radius 2 is 2.19 bits per heavy atom. The third-order valence-corrected chi connectivity index (χ3v) is 3.91. The molecule has 1 atom stereocenters. The third-order valence-electron chi connectivity index (χ3n) is 3.69. The fraction of sp³-hybridized carbons (Fsp3) is 0.500. The lowest BCUT2D eigenvalue weighted by Crippen LogP contribution is -2.29. The SMILES string of the molecule is NC(CCCCB(O)O)c1nnnn1CC(=O)NCc1ccc(Cl)nc1. The van der Waals surface area contributed by atoms with Crippen LogP contribution < -0.4 is 11.1 Å².